The van der Waals surface area contributed by atoms with E-state index in [0.717, 1.165) is 16.7 Å². The summed E-state index contributed by atoms with van der Waals surface area (Å²) in [6.07, 6.45) is -4.43. The molecule has 0 spiro atoms. The molecular weight excluding hydrogens is 389 g/mol. The van der Waals surface area contributed by atoms with Crippen LogP contribution in [-0.2, 0) is 12.7 Å². The van der Waals surface area contributed by atoms with Gasteiger partial charge < -0.3 is 15.4 Å². The predicted molar refractivity (Wildman–Crippen MR) is 96.9 cm³/mol. The summed E-state index contributed by atoms with van der Waals surface area (Å²) < 4.78 is 43.2. The van der Waals surface area contributed by atoms with Crippen molar-refractivity contribution in [1.82, 2.24) is 15.6 Å². The number of ether oxygens (including phenoxy) is 1. The first kappa shape index (κ1) is 20.3. The van der Waals surface area contributed by atoms with Crippen molar-refractivity contribution in [3.63, 3.8) is 0 Å². The van der Waals surface area contributed by atoms with E-state index >= 15 is 0 Å². The first-order valence-corrected chi connectivity index (χ1v) is 9.06. The van der Waals surface area contributed by atoms with E-state index in [4.69, 9.17) is 16.3 Å². The Morgan fingerprint density at radius 3 is 2.81 bits per heavy atom. The number of nitrogens with one attached hydrogen (secondary N) is 2. The number of halogens is 4. The van der Waals surface area contributed by atoms with Crippen molar-refractivity contribution in [2.24, 2.45) is 4.99 Å². The molecule has 1 heterocycles. The molecule has 0 bridgehead atoms. The molecule has 1 aromatic heterocycles. The molecule has 2 N–H and O–H groups in total. The second kappa shape index (κ2) is 9.63. The van der Waals surface area contributed by atoms with Crippen LogP contribution in [0.2, 0.25) is 5.02 Å². The Morgan fingerprint density at radius 1 is 1.35 bits per heavy atom. The Morgan fingerprint density at radius 2 is 2.15 bits per heavy atom. The number of thiazole rings is 1. The quantitative estimate of drug-likeness (QED) is 0.415. The number of hydrogen-bond donors (Lipinski definition) is 2. The number of rotatable bonds is 7. The van der Waals surface area contributed by atoms with Crippen LogP contribution in [0, 0.1) is 0 Å². The molecule has 0 fully saturated rings. The van der Waals surface area contributed by atoms with Crippen molar-refractivity contribution < 1.29 is 17.9 Å². The monoisotopic (exact) mass is 406 g/mol. The third kappa shape index (κ3) is 6.72. The Kier molecular flexibility index (Phi) is 7.52. The van der Waals surface area contributed by atoms with Crippen LogP contribution in [0.1, 0.15) is 17.6 Å². The lowest BCUT2D eigenvalue weighted by Gasteiger charge is -2.12. The van der Waals surface area contributed by atoms with Gasteiger partial charge in [-0.3, -0.25) is 0 Å². The lowest BCUT2D eigenvalue weighted by molar-refractivity contribution is -0.140. The molecule has 142 valence electrons. The Bertz CT molecular complexity index is 736. The van der Waals surface area contributed by atoms with Gasteiger partial charge in [0.15, 0.2) is 11.7 Å². The molecule has 0 saturated carbocycles. The highest BCUT2D eigenvalue weighted by molar-refractivity contribution is 7.09. The molecule has 5 nitrogen and oxygen atoms in total. The van der Waals surface area contributed by atoms with E-state index in [1.165, 1.54) is 0 Å². The lowest BCUT2D eigenvalue weighted by atomic mass is 10.3. The molecule has 0 saturated heterocycles. The molecule has 0 aliphatic heterocycles. The van der Waals surface area contributed by atoms with Gasteiger partial charge in [-0.05, 0) is 25.1 Å². The average Bonchev–Trinajstić information content (AvgIpc) is 3.06. The van der Waals surface area contributed by atoms with Crippen LogP contribution < -0.4 is 15.4 Å². The molecule has 2 rings (SSSR count). The largest absolute Gasteiger partial charge is 0.492 e. The van der Waals surface area contributed by atoms with Gasteiger partial charge in [-0.25, -0.2) is 9.98 Å². The summed E-state index contributed by atoms with van der Waals surface area (Å²) in [5, 5.41) is 7.94. The SMILES string of the molecule is CCNC(=NCc1nc(C(F)(F)F)cs1)NCCOc1cccc(Cl)c1. The number of benzene rings is 1. The van der Waals surface area contributed by atoms with Crippen LogP contribution in [0.4, 0.5) is 13.2 Å². The zero-order valence-electron chi connectivity index (χ0n) is 13.9. The maximum Gasteiger partial charge on any atom is 0.434 e. The number of aliphatic imine (C=N–C) groups is 1. The van der Waals surface area contributed by atoms with Gasteiger partial charge in [-0.1, -0.05) is 17.7 Å². The fourth-order valence-corrected chi connectivity index (χ4v) is 2.80. The molecule has 0 radical (unpaired) electrons. The van der Waals surface area contributed by atoms with Crippen molar-refractivity contribution in [2.45, 2.75) is 19.6 Å². The Hall–Kier alpha value is -2.00. The summed E-state index contributed by atoms with van der Waals surface area (Å²) in [6, 6.07) is 7.05. The van der Waals surface area contributed by atoms with Crippen LogP contribution in [0.5, 0.6) is 5.75 Å². The van der Waals surface area contributed by atoms with Crippen LogP contribution in [0.3, 0.4) is 0 Å². The van der Waals surface area contributed by atoms with E-state index in [-0.39, 0.29) is 6.54 Å². The summed E-state index contributed by atoms with van der Waals surface area (Å²) in [6.45, 7) is 3.41. The van der Waals surface area contributed by atoms with Gasteiger partial charge in [-0.2, -0.15) is 13.2 Å². The highest BCUT2D eigenvalue weighted by atomic mass is 35.5. The fourth-order valence-electron chi connectivity index (χ4n) is 1.90. The molecular formula is C16H18ClF3N4OS. The third-order valence-corrected chi connectivity index (χ3v) is 4.09. The topological polar surface area (TPSA) is 58.5 Å². The Labute approximate surface area is 158 Å². The number of alkyl halides is 3. The maximum atomic E-state index is 12.6. The molecule has 10 heteroatoms. The second-order valence-electron chi connectivity index (χ2n) is 5.05. The first-order chi connectivity index (χ1) is 12.4. The van der Waals surface area contributed by atoms with E-state index < -0.39 is 11.9 Å². The molecule has 0 aliphatic rings. The van der Waals surface area contributed by atoms with E-state index in [9.17, 15) is 13.2 Å². The van der Waals surface area contributed by atoms with Crippen LogP contribution in [0.15, 0.2) is 34.6 Å². The number of nitrogens with zero attached hydrogens (tertiary/aromatic N) is 2. The van der Waals surface area contributed by atoms with Crippen LogP contribution in [-0.4, -0.2) is 30.6 Å². The maximum absolute atomic E-state index is 12.6. The number of hydrogen-bond acceptors (Lipinski definition) is 4. The first-order valence-electron chi connectivity index (χ1n) is 7.80. The third-order valence-electron chi connectivity index (χ3n) is 3.02. The van der Waals surface area contributed by atoms with E-state index in [1.54, 1.807) is 24.3 Å². The summed E-state index contributed by atoms with van der Waals surface area (Å²) in [5.74, 6) is 1.13. The van der Waals surface area contributed by atoms with Crippen LogP contribution >= 0.6 is 22.9 Å². The van der Waals surface area contributed by atoms with Gasteiger partial charge in [0.05, 0.1) is 13.1 Å². The highest BCUT2D eigenvalue weighted by Crippen LogP contribution is 2.30. The minimum absolute atomic E-state index is 0.0607. The van der Waals surface area contributed by atoms with Crippen LogP contribution in [0.25, 0.3) is 0 Å². The zero-order valence-corrected chi connectivity index (χ0v) is 15.5. The van der Waals surface area contributed by atoms with E-state index in [2.05, 4.69) is 20.6 Å². The van der Waals surface area contributed by atoms with Crippen molar-refractivity contribution in [1.29, 1.82) is 0 Å². The average molecular weight is 407 g/mol. The molecule has 0 atom stereocenters. The smallest absolute Gasteiger partial charge is 0.434 e. The summed E-state index contributed by atoms with van der Waals surface area (Å²) in [4.78, 5) is 7.79. The number of guanidine groups is 1. The van der Waals surface area contributed by atoms with Crippen molar-refractivity contribution in [2.75, 3.05) is 19.7 Å². The van der Waals surface area contributed by atoms with Crippen molar-refractivity contribution >= 4 is 28.9 Å². The molecule has 1 aromatic carbocycles. The van der Waals surface area contributed by atoms with E-state index in [1.807, 2.05) is 6.92 Å². The summed E-state index contributed by atoms with van der Waals surface area (Å²) >= 11 is 6.81. The standard InChI is InChI=1S/C16H18ClF3N4OS/c1-2-21-15(22-6-7-25-12-5-3-4-11(17)8-12)23-9-14-24-13(10-26-14)16(18,19)20/h3-5,8,10H,2,6-7,9H2,1H3,(H2,21,22,23). The predicted octanol–water partition coefficient (Wildman–Crippen LogP) is 3.95. The molecule has 2 aromatic rings. The lowest BCUT2D eigenvalue weighted by Crippen LogP contribution is -2.39. The van der Waals surface area contributed by atoms with Gasteiger partial charge in [0.1, 0.15) is 17.4 Å². The van der Waals surface area contributed by atoms with Gasteiger partial charge in [0.25, 0.3) is 0 Å². The van der Waals surface area contributed by atoms with Gasteiger partial charge in [0.2, 0.25) is 0 Å². The highest BCUT2D eigenvalue weighted by Gasteiger charge is 2.33. The minimum atomic E-state index is -4.43. The normalized spacial score (nSPS) is 12.1. The summed E-state index contributed by atoms with van der Waals surface area (Å²) in [7, 11) is 0. The summed E-state index contributed by atoms with van der Waals surface area (Å²) in [5.41, 5.74) is -0.888. The van der Waals surface area contributed by atoms with Crippen molar-refractivity contribution in [3.8, 4) is 5.75 Å². The fraction of sp³-hybridized carbons (Fsp3) is 0.375. The molecule has 0 amide bonds. The minimum Gasteiger partial charge on any atom is -0.492 e. The second-order valence-corrected chi connectivity index (χ2v) is 6.43. The van der Waals surface area contributed by atoms with Crippen molar-refractivity contribution in [3.05, 3.63) is 45.4 Å². The van der Waals surface area contributed by atoms with E-state index in [0.29, 0.717) is 41.4 Å². The number of aromatic nitrogens is 1. The molecule has 26 heavy (non-hydrogen) atoms. The van der Waals surface area contributed by atoms with Gasteiger partial charge in [-0.15, -0.1) is 11.3 Å². The molecule has 0 unspecified atom stereocenters. The van der Waals surface area contributed by atoms with Gasteiger partial charge in [0, 0.05) is 16.9 Å². The van der Waals surface area contributed by atoms with Gasteiger partial charge >= 0.3 is 6.18 Å². The zero-order chi connectivity index (χ0) is 19.0. The Balaban J connectivity index is 1.83. The molecule has 0 aliphatic carbocycles.